The zero-order chi connectivity index (χ0) is 19.7. The molecule has 5 heteroatoms. The van der Waals surface area contributed by atoms with E-state index in [1.54, 1.807) is 0 Å². The molecular formula is C21H44O4S. The van der Waals surface area contributed by atoms with Crippen LogP contribution in [0, 0.1) is 0 Å². The van der Waals surface area contributed by atoms with Gasteiger partial charge in [0.25, 0.3) is 10.1 Å². The van der Waals surface area contributed by atoms with Gasteiger partial charge in [-0.25, -0.2) is 0 Å². The number of aliphatic hydroxyl groups excluding tert-OH is 1. The molecule has 0 aromatic carbocycles. The van der Waals surface area contributed by atoms with Crippen LogP contribution in [0.25, 0.3) is 0 Å². The summed E-state index contributed by atoms with van der Waals surface area (Å²) in [7, 11) is -3.88. The average Bonchev–Trinajstić information content (AvgIpc) is 2.58. The summed E-state index contributed by atoms with van der Waals surface area (Å²) in [4.78, 5) is 0. The van der Waals surface area contributed by atoms with Gasteiger partial charge in [0.15, 0.2) is 0 Å². The van der Waals surface area contributed by atoms with Crippen LogP contribution in [0.2, 0.25) is 0 Å². The molecule has 0 rings (SSSR count). The minimum atomic E-state index is -3.88. The fourth-order valence-corrected chi connectivity index (χ4v) is 4.39. The predicted molar refractivity (Wildman–Crippen MR) is 111 cm³/mol. The molecule has 0 aliphatic heterocycles. The van der Waals surface area contributed by atoms with Gasteiger partial charge in [0, 0.05) is 0 Å². The standard InChI is InChI=1S/C21H44O4S/c1-3-5-13-16-20(22)17-14-11-9-7-8-10-12-15-19-21(18-6-4-2)26(23,24)25/h20-22H,3-19H2,1-2H3,(H,23,24,25). The first-order valence-electron chi connectivity index (χ1n) is 11.1. The molecule has 0 fully saturated rings. The minimum Gasteiger partial charge on any atom is -0.393 e. The molecule has 26 heavy (non-hydrogen) atoms. The van der Waals surface area contributed by atoms with E-state index in [-0.39, 0.29) is 6.10 Å². The lowest BCUT2D eigenvalue weighted by atomic mass is 10.0. The van der Waals surface area contributed by atoms with E-state index in [1.807, 2.05) is 6.92 Å². The molecule has 4 nitrogen and oxygen atoms in total. The molecule has 0 spiro atoms. The Balaban J connectivity index is 3.50. The fourth-order valence-electron chi connectivity index (χ4n) is 3.46. The molecule has 0 saturated carbocycles. The molecule has 2 atom stereocenters. The molecule has 0 amide bonds. The second kappa shape index (κ2) is 17.0. The van der Waals surface area contributed by atoms with Gasteiger partial charge in [0.05, 0.1) is 11.4 Å². The van der Waals surface area contributed by atoms with Crippen LogP contribution in [-0.4, -0.2) is 29.4 Å². The van der Waals surface area contributed by atoms with E-state index < -0.39 is 15.4 Å². The Morgan fingerprint density at radius 2 is 1.00 bits per heavy atom. The maximum Gasteiger partial charge on any atom is 0.267 e. The van der Waals surface area contributed by atoms with Crippen LogP contribution in [0.3, 0.4) is 0 Å². The van der Waals surface area contributed by atoms with Crippen LogP contribution in [0.15, 0.2) is 0 Å². The van der Waals surface area contributed by atoms with E-state index in [0.29, 0.717) is 12.8 Å². The fraction of sp³-hybridized carbons (Fsp3) is 1.00. The smallest absolute Gasteiger partial charge is 0.267 e. The lowest BCUT2D eigenvalue weighted by molar-refractivity contribution is 0.147. The number of rotatable bonds is 19. The SMILES string of the molecule is CCCCCC(O)CCCCCCCCCCC(CCCC)S(=O)(=O)O. The highest BCUT2D eigenvalue weighted by molar-refractivity contribution is 7.86. The van der Waals surface area contributed by atoms with Crippen LogP contribution in [0.1, 0.15) is 123 Å². The van der Waals surface area contributed by atoms with Gasteiger partial charge in [-0.3, -0.25) is 4.55 Å². The largest absolute Gasteiger partial charge is 0.393 e. The zero-order valence-corrected chi connectivity index (χ0v) is 18.1. The molecule has 0 aromatic rings. The van der Waals surface area contributed by atoms with E-state index in [9.17, 15) is 18.1 Å². The van der Waals surface area contributed by atoms with Crippen molar-refractivity contribution < 1.29 is 18.1 Å². The summed E-state index contributed by atoms with van der Waals surface area (Å²) in [6, 6.07) is 0. The van der Waals surface area contributed by atoms with Crippen molar-refractivity contribution in [1.29, 1.82) is 0 Å². The lowest BCUT2D eigenvalue weighted by Gasteiger charge is -2.13. The quantitative estimate of drug-likeness (QED) is 0.200. The van der Waals surface area contributed by atoms with Crippen LogP contribution in [0.5, 0.6) is 0 Å². The Morgan fingerprint density at radius 3 is 1.46 bits per heavy atom. The molecule has 0 heterocycles. The lowest BCUT2D eigenvalue weighted by Crippen LogP contribution is -2.20. The third kappa shape index (κ3) is 16.1. The molecule has 0 aliphatic carbocycles. The Hall–Kier alpha value is -0.130. The summed E-state index contributed by atoms with van der Waals surface area (Å²) in [5, 5.41) is 9.31. The summed E-state index contributed by atoms with van der Waals surface area (Å²) in [5.74, 6) is 0. The van der Waals surface area contributed by atoms with E-state index in [1.165, 1.54) is 38.5 Å². The predicted octanol–water partition coefficient (Wildman–Crippen LogP) is 6.28. The highest BCUT2D eigenvalue weighted by atomic mass is 32.2. The van der Waals surface area contributed by atoms with E-state index in [4.69, 9.17) is 0 Å². The van der Waals surface area contributed by atoms with Gasteiger partial charge in [-0.05, 0) is 25.7 Å². The van der Waals surface area contributed by atoms with Gasteiger partial charge in [0.1, 0.15) is 0 Å². The van der Waals surface area contributed by atoms with Crippen LogP contribution in [0.4, 0.5) is 0 Å². The molecule has 0 bridgehead atoms. The summed E-state index contributed by atoms with van der Waals surface area (Å²) >= 11 is 0. The van der Waals surface area contributed by atoms with Gasteiger partial charge in [-0.15, -0.1) is 0 Å². The second-order valence-electron chi connectivity index (χ2n) is 7.83. The maximum absolute atomic E-state index is 11.4. The van der Waals surface area contributed by atoms with Gasteiger partial charge in [0.2, 0.25) is 0 Å². The van der Waals surface area contributed by atoms with Crippen molar-refractivity contribution in [3.05, 3.63) is 0 Å². The van der Waals surface area contributed by atoms with Crippen molar-refractivity contribution in [2.45, 2.75) is 134 Å². The first-order valence-corrected chi connectivity index (χ1v) is 12.6. The van der Waals surface area contributed by atoms with Crippen molar-refractivity contribution in [3.63, 3.8) is 0 Å². The van der Waals surface area contributed by atoms with Gasteiger partial charge in [-0.1, -0.05) is 97.3 Å². The van der Waals surface area contributed by atoms with E-state index in [2.05, 4.69) is 6.92 Å². The third-order valence-corrected chi connectivity index (χ3v) is 6.57. The van der Waals surface area contributed by atoms with Crippen molar-refractivity contribution >= 4 is 10.1 Å². The van der Waals surface area contributed by atoms with E-state index in [0.717, 1.165) is 57.8 Å². The Bertz CT molecular complexity index is 395. The molecule has 158 valence electrons. The summed E-state index contributed by atoms with van der Waals surface area (Å²) < 4.78 is 32.0. The van der Waals surface area contributed by atoms with Crippen molar-refractivity contribution in [2.75, 3.05) is 0 Å². The number of hydrogen-bond donors (Lipinski definition) is 2. The third-order valence-electron chi connectivity index (χ3n) is 5.26. The molecule has 0 aliphatic rings. The van der Waals surface area contributed by atoms with Crippen molar-refractivity contribution in [3.8, 4) is 0 Å². The first-order chi connectivity index (χ1) is 12.4. The highest BCUT2D eigenvalue weighted by Crippen LogP contribution is 2.18. The van der Waals surface area contributed by atoms with Gasteiger partial charge >= 0.3 is 0 Å². The monoisotopic (exact) mass is 392 g/mol. The second-order valence-corrected chi connectivity index (χ2v) is 9.53. The molecule has 0 radical (unpaired) electrons. The van der Waals surface area contributed by atoms with Crippen LogP contribution < -0.4 is 0 Å². The normalized spacial score (nSPS) is 14.5. The summed E-state index contributed by atoms with van der Waals surface area (Å²) in [6.45, 7) is 4.22. The van der Waals surface area contributed by atoms with Crippen LogP contribution in [-0.2, 0) is 10.1 Å². The summed E-state index contributed by atoms with van der Waals surface area (Å²) in [5.41, 5.74) is 0. The number of unbranched alkanes of at least 4 members (excludes halogenated alkanes) is 10. The van der Waals surface area contributed by atoms with Gasteiger partial charge in [-0.2, -0.15) is 8.42 Å². The summed E-state index contributed by atoms with van der Waals surface area (Å²) in [6.07, 6.45) is 17.4. The molecule has 2 N–H and O–H groups in total. The number of hydrogen-bond acceptors (Lipinski definition) is 3. The molecular weight excluding hydrogens is 348 g/mol. The van der Waals surface area contributed by atoms with Crippen molar-refractivity contribution in [2.24, 2.45) is 0 Å². The Kier molecular flexibility index (Phi) is 16.9. The zero-order valence-electron chi connectivity index (χ0n) is 17.3. The highest BCUT2D eigenvalue weighted by Gasteiger charge is 2.21. The first kappa shape index (κ1) is 25.9. The molecule has 0 saturated heterocycles. The maximum atomic E-state index is 11.4. The topological polar surface area (TPSA) is 74.6 Å². The Morgan fingerprint density at radius 1 is 0.615 bits per heavy atom. The molecule has 0 aromatic heterocycles. The van der Waals surface area contributed by atoms with Crippen molar-refractivity contribution in [1.82, 2.24) is 0 Å². The van der Waals surface area contributed by atoms with E-state index >= 15 is 0 Å². The number of aliphatic hydroxyl groups is 1. The van der Waals surface area contributed by atoms with Crippen LogP contribution >= 0.6 is 0 Å². The molecule has 2 unspecified atom stereocenters. The average molecular weight is 393 g/mol. The van der Waals surface area contributed by atoms with Gasteiger partial charge < -0.3 is 5.11 Å². The minimum absolute atomic E-state index is 0.106. The Labute approximate surface area is 162 Å².